The van der Waals surface area contributed by atoms with E-state index >= 15 is 0 Å². The van der Waals surface area contributed by atoms with E-state index < -0.39 is 6.10 Å². The van der Waals surface area contributed by atoms with Crippen LogP contribution in [0, 0.1) is 6.92 Å². The van der Waals surface area contributed by atoms with E-state index in [9.17, 15) is 9.90 Å². The highest BCUT2D eigenvalue weighted by Crippen LogP contribution is 2.36. The molecule has 1 aliphatic heterocycles. The van der Waals surface area contributed by atoms with Gasteiger partial charge >= 0.3 is 0 Å². The number of nitrogen functional groups attached to an aromatic ring is 1. The van der Waals surface area contributed by atoms with Gasteiger partial charge in [0.05, 0.1) is 12.3 Å². The third-order valence-electron chi connectivity index (χ3n) is 3.91. The number of nitrogens with zero attached hydrogens (tertiary/aromatic N) is 1. The number of fused-ring (bicyclic) bond motifs is 1. The van der Waals surface area contributed by atoms with Crippen LogP contribution >= 0.6 is 0 Å². The molecule has 0 bridgehead atoms. The number of hydrogen-bond donors (Lipinski definition) is 2. The van der Waals surface area contributed by atoms with Crippen molar-refractivity contribution in [2.45, 2.75) is 19.4 Å². The van der Waals surface area contributed by atoms with E-state index in [1.165, 1.54) is 0 Å². The van der Waals surface area contributed by atoms with Gasteiger partial charge in [-0.2, -0.15) is 0 Å². The first-order valence-electron chi connectivity index (χ1n) is 7.62. The Labute approximate surface area is 135 Å². The molecule has 1 atom stereocenters. The van der Waals surface area contributed by atoms with E-state index in [0.29, 0.717) is 23.5 Å². The Morgan fingerprint density at radius 2 is 2.09 bits per heavy atom. The Balaban J connectivity index is 1.91. The molecule has 0 aromatic heterocycles. The van der Waals surface area contributed by atoms with Crippen molar-refractivity contribution in [2.24, 2.45) is 0 Å². The molecule has 3 rings (SSSR count). The molecule has 1 amide bonds. The van der Waals surface area contributed by atoms with Crippen molar-refractivity contribution in [3.8, 4) is 5.75 Å². The van der Waals surface area contributed by atoms with Crippen LogP contribution in [0.15, 0.2) is 42.5 Å². The molecule has 0 fully saturated rings. The minimum atomic E-state index is -0.613. The van der Waals surface area contributed by atoms with E-state index in [2.05, 4.69) is 0 Å². The number of ether oxygens (including phenoxy) is 1. The normalized spacial score (nSPS) is 16.9. The maximum atomic E-state index is 12.7. The molecular weight excluding hydrogens is 292 g/mol. The van der Waals surface area contributed by atoms with Gasteiger partial charge in [-0.15, -0.1) is 0 Å². The van der Waals surface area contributed by atoms with Crippen molar-refractivity contribution in [1.82, 2.24) is 0 Å². The summed E-state index contributed by atoms with van der Waals surface area (Å²) in [7, 11) is 0. The molecule has 0 saturated carbocycles. The van der Waals surface area contributed by atoms with Gasteiger partial charge in [0, 0.05) is 24.7 Å². The Kier molecular flexibility index (Phi) is 4.21. The van der Waals surface area contributed by atoms with E-state index in [4.69, 9.17) is 10.5 Å². The zero-order valence-electron chi connectivity index (χ0n) is 13.0. The van der Waals surface area contributed by atoms with Crippen LogP contribution in [0.3, 0.4) is 0 Å². The second kappa shape index (κ2) is 6.30. The molecular formula is C18H20N2O3. The van der Waals surface area contributed by atoms with Gasteiger partial charge in [0.25, 0.3) is 5.91 Å². The lowest BCUT2D eigenvalue weighted by molar-refractivity contribution is -0.126. The second-order valence-corrected chi connectivity index (χ2v) is 5.74. The minimum absolute atomic E-state index is 0.104. The number of rotatable bonds is 4. The molecule has 2 aromatic rings. The van der Waals surface area contributed by atoms with Crippen molar-refractivity contribution < 1.29 is 14.6 Å². The van der Waals surface area contributed by atoms with Crippen molar-refractivity contribution in [2.75, 3.05) is 23.8 Å². The predicted octanol–water partition coefficient (Wildman–Crippen LogP) is 1.91. The van der Waals surface area contributed by atoms with Crippen LogP contribution in [0.2, 0.25) is 0 Å². The zero-order valence-corrected chi connectivity index (χ0v) is 13.0. The lowest BCUT2D eigenvalue weighted by atomic mass is 10.0. The van der Waals surface area contributed by atoms with Crippen LogP contribution < -0.4 is 15.4 Å². The topological polar surface area (TPSA) is 75.8 Å². The molecule has 5 heteroatoms. The van der Waals surface area contributed by atoms with Crippen LogP contribution in [0.25, 0.3) is 0 Å². The van der Waals surface area contributed by atoms with Gasteiger partial charge in [-0.1, -0.05) is 29.8 Å². The summed E-state index contributed by atoms with van der Waals surface area (Å²) >= 11 is 0. The van der Waals surface area contributed by atoms with Crippen molar-refractivity contribution >= 4 is 17.3 Å². The fourth-order valence-corrected chi connectivity index (χ4v) is 2.86. The third-order valence-corrected chi connectivity index (χ3v) is 3.91. The number of aliphatic hydroxyl groups is 1. The van der Waals surface area contributed by atoms with Crippen LogP contribution in [-0.2, 0) is 11.2 Å². The number of carbonyl (C=O) groups is 1. The lowest BCUT2D eigenvalue weighted by Crippen LogP contribution is -2.48. The minimum Gasteiger partial charge on any atom is -0.478 e. The number of nitrogens with two attached hydrogens (primary N) is 1. The highest BCUT2D eigenvalue weighted by Gasteiger charge is 2.34. The number of hydrogen-bond acceptors (Lipinski definition) is 4. The fraction of sp³-hybridized carbons (Fsp3) is 0.278. The van der Waals surface area contributed by atoms with Crippen LogP contribution in [-0.4, -0.2) is 30.3 Å². The maximum Gasteiger partial charge on any atom is 0.268 e. The number of benzene rings is 2. The Morgan fingerprint density at radius 3 is 2.83 bits per heavy atom. The molecule has 0 spiro atoms. The summed E-state index contributed by atoms with van der Waals surface area (Å²) in [4.78, 5) is 14.3. The van der Waals surface area contributed by atoms with Crippen molar-refractivity contribution in [3.05, 3.63) is 53.6 Å². The number of aliphatic hydroxyl groups excluding tert-OH is 1. The number of β-amino-alcohol motifs (C(OH)–C–C–N with tert-alkyl or cyclic N) is 1. The summed E-state index contributed by atoms with van der Waals surface area (Å²) in [6.45, 7) is 2.15. The molecule has 1 aliphatic rings. The van der Waals surface area contributed by atoms with E-state index in [1.54, 1.807) is 23.1 Å². The molecule has 0 aliphatic carbocycles. The number of amides is 1. The molecule has 1 heterocycles. The molecule has 120 valence electrons. The van der Waals surface area contributed by atoms with Crippen LogP contribution in [0.5, 0.6) is 5.75 Å². The Bertz CT molecular complexity index is 730. The average molecular weight is 312 g/mol. The first-order valence-corrected chi connectivity index (χ1v) is 7.62. The lowest BCUT2D eigenvalue weighted by Gasteiger charge is -2.34. The summed E-state index contributed by atoms with van der Waals surface area (Å²) in [6, 6.07) is 13.2. The van der Waals surface area contributed by atoms with Crippen molar-refractivity contribution in [1.29, 1.82) is 0 Å². The molecule has 1 unspecified atom stereocenters. The molecule has 0 radical (unpaired) electrons. The number of anilines is 2. The summed E-state index contributed by atoms with van der Waals surface area (Å²) < 4.78 is 5.89. The standard InChI is InChI=1S/C18H20N2O3/c1-12-3-2-4-13(9-12)10-17-18(22)20(7-8-21)15-6-5-14(19)11-16(15)23-17/h2-6,9,11,17,21H,7-8,10,19H2,1H3. The predicted molar refractivity (Wildman–Crippen MR) is 89.6 cm³/mol. The van der Waals surface area contributed by atoms with Gasteiger partial charge < -0.3 is 20.5 Å². The number of carbonyl (C=O) groups excluding carboxylic acids is 1. The highest BCUT2D eigenvalue weighted by atomic mass is 16.5. The zero-order chi connectivity index (χ0) is 16.4. The molecule has 23 heavy (non-hydrogen) atoms. The maximum absolute atomic E-state index is 12.7. The summed E-state index contributed by atoms with van der Waals surface area (Å²) in [5.74, 6) is 0.438. The smallest absolute Gasteiger partial charge is 0.268 e. The van der Waals surface area contributed by atoms with E-state index in [0.717, 1.165) is 11.1 Å². The monoisotopic (exact) mass is 312 g/mol. The van der Waals surface area contributed by atoms with Gasteiger partial charge in [-0.05, 0) is 24.6 Å². The van der Waals surface area contributed by atoms with Crippen LogP contribution in [0.4, 0.5) is 11.4 Å². The molecule has 2 aromatic carbocycles. The van der Waals surface area contributed by atoms with Crippen molar-refractivity contribution in [3.63, 3.8) is 0 Å². The van der Waals surface area contributed by atoms with E-state index in [1.807, 2.05) is 31.2 Å². The average Bonchev–Trinajstić information content (AvgIpc) is 2.51. The Hall–Kier alpha value is -2.53. The van der Waals surface area contributed by atoms with Gasteiger partial charge in [0.1, 0.15) is 5.75 Å². The van der Waals surface area contributed by atoms with E-state index in [-0.39, 0.29) is 19.1 Å². The van der Waals surface area contributed by atoms with Gasteiger partial charge in [0.15, 0.2) is 6.10 Å². The summed E-state index contributed by atoms with van der Waals surface area (Å²) in [5.41, 5.74) is 9.24. The first kappa shape index (κ1) is 15.4. The molecule has 3 N–H and O–H groups in total. The van der Waals surface area contributed by atoms with Gasteiger partial charge in [-0.25, -0.2) is 0 Å². The first-order chi connectivity index (χ1) is 11.1. The van der Waals surface area contributed by atoms with Gasteiger partial charge in [0.2, 0.25) is 0 Å². The highest BCUT2D eigenvalue weighted by molar-refractivity contribution is 6.00. The summed E-state index contributed by atoms with van der Waals surface area (Å²) in [6.07, 6.45) is -0.130. The Morgan fingerprint density at radius 1 is 1.26 bits per heavy atom. The molecule has 0 saturated heterocycles. The largest absolute Gasteiger partial charge is 0.478 e. The third kappa shape index (κ3) is 3.14. The SMILES string of the molecule is Cc1cccc(CC2Oc3cc(N)ccc3N(CCO)C2=O)c1. The number of aryl methyl sites for hydroxylation is 1. The van der Waals surface area contributed by atoms with Crippen LogP contribution in [0.1, 0.15) is 11.1 Å². The quantitative estimate of drug-likeness (QED) is 0.846. The second-order valence-electron chi connectivity index (χ2n) is 5.74. The van der Waals surface area contributed by atoms with Gasteiger partial charge in [-0.3, -0.25) is 4.79 Å². The fourth-order valence-electron chi connectivity index (χ4n) is 2.86. The molecule has 5 nitrogen and oxygen atoms in total. The summed E-state index contributed by atoms with van der Waals surface area (Å²) in [5, 5.41) is 9.27.